The highest BCUT2D eigenvalue weighted by Gasteiger charge is 2.37. The molecular formula is C22H27N3O2S. The number of hydrogen-bond donors (Lipinski definition) is 1. The standard InChI is InChI=1S/C22H27N3O2S/c1-14(2)23-22(27)24-11-15-10-17(13-24)21-19(8-9-20(26)25(21)12-15)16-4-6-18(28-3)7-5-16/h4-9,14-15,17H,10-13H2,1-3H3,(H,23,27). The number of benzene rings is 1. The minimum absolute atomic E-state index is 0.00213. The summed E-state index contributed by atoms with van der Waals surface area (Å²) in [5, 5.41) is 3.01. The van der Waals surface area contributed by atoms with Gasteiger partial charge in [-0.3, -0.25) is 4.79 Å². The van der Waals surface area contributed by atoms with Crippen molar-refractivity contribution in [3.63, 3.8) is 0 Å². The van der Waals surface area contributed by atoms with Crippen LogP contribution in [0.1, 0.15) is 31.9 Å². The summed E-state index contributed by atoms with van der Waals surface area (Å²) >= 11 is 1.72. The molecular weight excluding hydrogens is 370 g/mol. The molecule has 2 bridgehead atoms. The molecule has 3 heterocycles. The Kier molecular flexibility index (Phi) is 5.23. The Bertz CT molecular complexity index is 936. The summed E-state index contributed by atoms with van der Waals surface area (Å²) in [6, 6.07) is 12.3. The molecule has 6 heteroatoms. The number of amides is 2. The van der Waals surface area contributed by atoms with Crippen LogP contribution in [-0.2, 0) is 6.54 Å². The van der Waals surface area contributed by atoms with Gasteiger partial charge in [0, 0.05) is 53.8 Å². The summed E-state index contributed by atoms with van der Waals surface area (Å²) in [5.74, 6) is 0.519. The Hall–Kier alpha value is -2.21. The molecule has 0 saturated carbocycles. The Labute approximate surface area is 170 Å². The maximum Gasteiger partial charge on any atom is 0.317 e. The van der Waals surface area contributed by atoms with Crippen molar-refractivity contribution in [3.05, 3.63) is 52.4 Å². The quantitative estimate of drug-likeness (QED) is 0.802. The van der Waals surface area contributed by atoms with Gasteiger partial charge in [-0.25, -0.2) is 4.79 Å². The van der Waals surface area contributed by atoms with Crippen molar-refractivity contribution in [2.45, 2.75) is 43.7 Å². The molecule has 2 amide bonds. The third-order valence-electron chi connectivity index (χ3n) is 5.69. The Morgan fingerprint density at radius 3 is 2.54 bits per heavy atom. The van der Waals surface area contributed by atoms with Gasteiger partial charge < -0.3 is 14.8 Å². The molecule has 1 N–H and O–H groups in total. The number of nitrogens with one attached hydrogen (secondary N) is 1. The number of carbonyl (C=O) groups excluding carboxylic acids is 1. The van der Waals surface area contributed by atoms with Crippen LogP contribution in [0.4, 0.5) is 4.79 Å². The zero-order valence-electron chi connectivity index (χ0n) is 16.6. The average molecular weight is 398 g/mol. The maximum atomic E-state index is 12.6. The highest BCUT2D eigenvalue weighted by molar-refractivity contribution is 7.98. The van der Waals surface area contributed by atoms with Crippen molar-refractivity contribution < 1.29 is 4.79 Å². The van der Waals surface area contributed by atoms with Crippen molar-refractivity contribution in [3.8, 4) is 11.1 Å². The number of likely N-dealkylation sites (tertiary alicyclic amines) is 1. The van der Waals surface area contributed by atoms with Crippen molar-refractivity contribution in [1.29, 1.82) is 0 Å². The van der Waals surface area contributed by atoms with Crippen LogP contribution in [0.25, 0.3) is 11.1 Å². The number of thioether (sulfide) groups is 1. The molecule has 2 aliphatic heterocycles. The van der Waals surface area contributed by atoms with E-state index in [2.05, 4.69) is 35.8 Å². The molecule has 0 radical (unpaired) electrons. The summed E-state index contributed by atoms with van der Waals surface area (Å²) < 4.78 is 1.95. The predicted molar refractivity (Wildman–Crippen MR) is 114 cm³/mol. The number of pyridine rings is 1. The van der Waals surface area contributed by atoms with E-state index < -0.39 is 0 Å². The SMILES string of the molecule is CSc1ccc(-c2ccc(=O)n3c2C2CC(CN(C(=O)NC(C)C)C2)C3)cc1. The number of fused-ring (bicyclic) bond motifs is 4. The van der Waals surface area contributed by atoms with Crippen LogP contribution in [0.5, 0.6) is 0 Å². The summed E-state index contributed by atoms with van der Waals surface area (Å²) in [5.41, 5.74) is 3.39. The van der Waals surface area contributed by atoms with Crippen molar-refractivity contribution in [2.24, 2.45) is 5.92 Å². The second kappa shape index (κ2) is 7.66. The second-order valence-corrected chi connectivity index (χ2v) is 9.00. The Morgan fingerprint density at radius 1 is 1.11 bits per heavy atom. The lowest BCUT2D eigenvalue weighted by molar-refractivity contribution is 0.130. The molecule has 2 aromatic rings. The van der Waals surface area contributed by atoms with E-state index in [0.717, 1.165) is 23.2 Å². The Morgan fingerprint density at radius 2 is 1.86 bits per heavy atom. The van der Waals surface area contributed by atoms with E-state index in [9.17, 15) is 9.59 Å². The van der Waals surface area contributed by atoms with Gasteiger partial charge in [0.1, 0.15) is 0 Å². The van der Waals surface area contributed by atoms with Gasteiger partial charge in [-0.2, -0.15) is 0 Å². The number of piperidine rings is 1. The first kappa shape index (κ1) is 19.1. The third kappa shape index (κ3) is 3.58. The molecule has 28 heavy (non-hydrogen) atoms. The van der Waals surface area contributed by atoms with E-state index in [1.54, 1.807) is 17.8 Å². The van der Waals surface area contributed by atoms with Crippen molar-refractivity contribution in [2.75, 3.05) is 19.3 Å². The van der Waals surface area contributed by atoms with Gasteiger partial charge in [-0.05, 0) is 56.2 Å². The van der Waals surface area contributed by atoms with Gasteiger partial charge in [0.15, 0.2) is 0 Å². The smallest absolute Gasteiger partial charge is 0.317 e. The van der Waals surface area contributed by atoms with Crippen molar-refractivity contribution in [1.82, 2.24) is 14.8 Å². The fourth-order valence-electron chi connectivity index (χ4n) is 4.53. The Balaban J connectivity index is 1.72. The minimum atomic E-state index is 0.00213. The van der Waals surface area contributed by atoms with Gasteiger partial charge in [0.25, 0.3) is 5.56 Å². The number of hydrogen-bond acceptors (Lipinski definition) is 3. The van der Waals surface area contributed by atoms with Crippen LogP contribution in [-0.4, -0.2) is 40.9 Å². The van der Waals surface area contributed by atoms with Crippen LogP contribution in [0.2, 0.25) is 0 Å². The first-order valence-corrected chi connectivity index (χ1v) is 11.1. The van der Waals surface area contributed by atoms with Gasteiger partial charge in [-0.1, -0.05) is 12.1 Å². The topological polar surface area (TPSA) is 54.3 Å². The molecule has 1 fully saturated rings. The highest BCUT2D eigenvalue weighted by atomic mass is 32.2. The molecule has 1 aromatic carbocycles. The molecule has 148 valence electrons. The normalized spacial score (nSPS) is 20.8. The van der Waals surface area contributed by atoms with E-state index in [-0.39, 0.29) is 23.6 Å². The molecule has 1 saturated heterocycles. The molecule has 2 atom stereocenters. The lowest BCUT2D eigenvalue weighted by Gasteiger charge is -2.43. The largest absolute Gasteiger partial charge is 0.336 e. The molecule has 0 spiro atoms. The summed E-state index contributed by atoms with van der Waals surface area (Å²) in [7, 11) is 0. The molecule has 0 aliphatic carbocycles. The van der Waals surface area contributed by atoms with E-state index >= 15 is 0 Å². The summed E-state index contributed by atoms with van der Waals surface area (Å²) in [6.07, 6.45) is 3.10. The van der Waals surface area contributed by atoms with E-state index in [1.165, 1.54) is 4.90 Å². The molecule has 2 unspecified atom stereocenters. The van der Waals surface area contributed by atoms with E-state index in [1.807, 2.05) is 29.4 Å². The van der Waals surface area contributed by atoms with Gasteiger partial charge in [0.2, 0.25) is 0 Å². The zero-order chi connectivity index (χ0) is 19.8. The molecule has 1 aromatic heterocycles. The number of carbonyl (C=O) groups is 1. The molecule has 4 rings (SSSR count). The third-order valence-corrected chi connectivity index (χ3v) is 6.43. The van der Waals surface area contributed by atoms with E-state index in [4.69, 9.17) is 0 Å². The highest BCUT2D eigenvalue weighted by Crippen LogP contribution is 2.40. The fraction of sp³-hybridized carbons (Fsp3) is 0.455. The van der Waals surface area contributed by atoms with Crippen molar-refractivity contribution >= 4 is 17.8 Å². The van der Waals surface area contributed by atoms with Crippen LogP contribution >= 0.6 is 11.8 Å². The first-order chi connectivity index (χ1) is 13.5. The van der Waals surface area contributed by atoms with Gasteiger partial charge >= 0.3 is 6.03 Å². The maximum absolute atomic E-state index is 12.6. The zero-order valence-corrected chi connectivity index (χ0v) is 17.5. The number of aromatic nitrogens is 1. The lowest BCUT2D eigenvalue weighted by atomic mass is 9.80. The average Bonchev–Trinajstić information content (AvgIpc) is 2.68. The summed E-state index contributed by atoms with van der Waals surface area (Å²) in [4.78, 5) is 28.3. The predicted octanol–water partition coefficient (Wildman–Crippen LogP) is 3.77. The molecule has 2 aliphatic rings. The monoisotopic (exact) mass is 397 g/mol. The lowest BCUT2D eigenvalue weighted by Crippen LogP contribution is -2.53. The fourth-order valence-corrected chi connectivity index (χ4v) is 4.94. The second-order valence-electron chi connectivity index (χ2n) is 8.12. The van der Waals surface area contributed by atoms with Crippen LogP contribution in [0.15, 0.2) is 46.1 Å². The number of nitrogens with zero attached hydrogens (tertiary/aromatic N) is 2. The molecule has 5 nitrogen and oxygen atoms in total. The van der Waals surface area contributed by atoms with Crippen LogP contribution < -0.4 is 10.9 Å². The van der Waals surface area contributed by atoms with Crippen LogP contribution in [0.3, 0.4) is 0 Å². The van der Waals surface area contributed by atoms with Gasteiger partial charge in [-0.15, -0.1) is 11.8 Å². The minimum Gasteiger partial charge on any atom is -0.336 e. The first-order valence-electron chi connectivity index (χ1n) is 9.90. The van der Waals surface area contributed by atoms with Gasteiger partial charge in [0.05, 0.1) is 0 Å². The number of rotatable bonds is 3. The number of urea groups is 1. The summed E-state index contributed by atoms with van der Waals surface area (Å²) in [6.45, 7) is 6.02. The van der Waals surface area contributed by atoms with E-state index in [0.29, 0.717) is 25.6 Å². The van der Waals surface area contributed by atoms with Crippen LogP contribution in [0, 0.1) is 5.92 Å².